The van der Waals surface area contributed by atoms with E-state index in [9.17, 15) is 4.79 Å². The lowest BCUT2D eigenvalue weighted by Crippen LogP contribution is -2.36. The molecule has 0 aromatic carbocycles. The van der Waals surface area contributed by atoms with Crippen LogP contribution in [0.15, 0.2) is 18.3 Å². The molecule has 17 heavy (non-hydrogen) atoms. The Kier molecular flexibility index (Phi) is 5.42. The van der Waals surface area contributed by atoms with Crippen LogP contribution in [0, 0.1) is 0 Å². The Morgan fingerprint density at radius 2 is 2.35 bits per heavy atom. The molecule has 0 aliphatic rings. The number of hydrogen-bond donors (Lipinski definition) is 2. The highest BCUT2D eigenvalue weighted by Gasteiger charge is 2.11. The minimum Gasteiger partial charge on any atom is -0.358 e. The molecule has 0 saturated heterocycles. The molecule has 0 unspecified atom stereocenters. The molecule has 5 heteroatoms. The van der Waals surface area contributed by atoms with Gasteiger partial charge in [0.05, 0.1) is 6.54 Å². The van der Waals surface area contributed by atoms with Gasteiger partial charge in [-0.2, -0.15) is 0 Å². The predicted molar refractivity (Wildman–Crippen MR) is 68.7 cm³/mol. The molecule has 0 spiro atoms. The zero-order chi connectivity index (χ0) is 12.7. The molecule has 1 heterocycles. The van der Waals surface area contributed by atoms with E-state index >= 15 is 0 Å². The molecule has 0 aliphatic heterocycles. The van der Waals surface area contributed by atoms with Crippen LogP contribution >= 0.6 is 0 Å². The molecule has 0 aliphatic carbocycles. The van der Waals surface area contributed by atoms with E-state index in [1.54, 1.807) is 13.2 Å². The number of nitrogens with two attached hydrogens (primary N) is 1. The van der Waals surface area contributed by atoms with E-state index in [1.165, 1.54) is 0 Å². The standard InChI is InChI=1S/C12H20N4O/c1-3-6-16(9-12(17)14-2)11-7-10(8-13)4-5-15-11/h4-5,7H,3,6,8-9,13H2,1-2H3,(H,14,17). The topological polar surface area (TPSA) is 71.2 Å². The second kappa shape index (κ2) is 6.85. The van der Waals surface area contributed by atoms with E-state index in [-0.39, 0.29) is 5.91 Å². The van der Waals surface area contributed by atoms with Gasteiger partial charge in [-0.05, 0) is 24.1 Å². The number of hydrogen-bond acceptors (Lipinski definition) is 4. The van der Waals surface area contributed by atoms with Crippen LogP contribution in [0.3, 0.4) is 0 Å². The number of carbonyl (C=O) groups is 1. The Morgan fingerprint density at radius 3 is 2.94 bits per heavy atom. The van der Waals surface area contributed by atoms with E-state index in [0.717, 1.165) is 24.3 Å². The Hall–Kier alpha value is -1.62. The zero-order valence-electron chi connectivity index (χ0n) is 10.4. The van der Waals surface area contributed by atoms with E-state index in [4.69, 9.17) is 5.73 Å². The Balaban J connectivity index is 2.84. The number of aromatic nitrogens is 1. The maximum atomic E-state index is 11.4. The van der Waals surface area contributed by atoms with Crippen LogP contribution < -0.4 is 16.0 Å². The number of nitrogens with one attached hydrogen (secondary N) is 1. The average Bonchev–Trinajstić information content (AvgIpc) is 2.38. The SMILES string of the molecule is CCCN(CC(=O)NC)c1cc(CN)ccn1. The van der Waals surface area contributed by atoms with Crippen molar-refractivity contribution in [1.29, 1.82) is 0 Å². The van der Waals surface area contributed by atoms with Gasteiger partial charge in [0.15, 0.2) is 0 Å². The molecule has 0 fully saturated rings. The maximum Gasteiger partial charge on any atom is 0.239 e. The molecule has 5 nitrogen and oxygen atoms in total. The summed E-state index contributed by atoms with van der Waals surface area (Å²) in [5.74, 6) is 0.789. The van der Waals surface area contributed by atoms with Gasteiger partial charge in [0, 0.05) is 26.3 Å². The first-order valence-electron chi connectivity index (χ1n) is 5.81. The van der Waals surface area contributed by atoms with Crippen molar-refractivity contribution in [3.8, 4) is 0 Å². The van der Waals surface area contributed by atoms with Crippen LogP contribution in [-0.4, -0.2) is 31.0 Å². The van der Waals surface area contributed by atoms with Crippen molar-refractivity contribution >= 4 is 11.7 Å². The van der Waals surface area contributed by atoms with Crippen molar-refractivity contribution in [2.24, 2.45) is 5.73 Å². The fourth-order valence-corrected chi connectivity index (χ4v) is 1.56. The molecule has 0 saturated carbocycles. The molecule has 0 bridgehead atoms. The number of carbonyl (C=O) groups excluding carboxylic acids is 1. The second-order valence-electron chi connectivity index (χ2n) is 3.82. The molecule has 3 N–H and O–H groups in total. The van der Waals surface area contributed by atoms with Crippen LogP contribution in [0.25, 0.3) is 0 Å². The van der Waals surface area contributed by atoms with Gasteiger partial charge >= 0.3 is 0 Å². The van der Waals surface area contributed by atoms with Gasteiger partial charge in [0.1, 0.15) is 5.82 Å². The third-order valence-corrected chi connectivity index (χ3v) is 2.48. The third-order valence-electron chi connectivity index (χ3n) is 2.48. The fraction of sp³-hybridized carbons (Fsp3) is 0.500. The lowest BCUT2D eigenvalue weighted by atomic mass is 10.2. The summed E-state index contributed by atoms with van der Waals surface area (Å²) in [6, 6.07) is 3.81. The third kappa shape index (κ3) is 4.03. The average molecular weight is 236 g/mol. The summed E-state index contributed by atoms with van der Waals surface area (Å²) in [5.41, 5.74) is 6.62. The fourth-order valence-electron chi connectivity index (χ4n) is 1.56. The van der Waals surface area contributed by atoms with Crippen molar-refractivity contribution in [2.45, 2.75) is 19.9 Å². The summed E-state index contributed by atoms with van der Waals surface area (Å²) in [6.45, 7) is 3.68. The maximum absolute atomic E-state index is 11.4. The van der Waals surface area contributed by atoms with E-state index in [1.807, 2.05) is 17.0 Å². The largest absolute Gasteiger partial charge is 0.358 e. The van der Waals surface area contributed by atoms with E-state index < -0.39 is 0 Å². The number of nitrogens with zero attached hydrogens (tertiary/aromatic N) is 2. The number of pyridine rings is 1. The molecular weight excluding hydrogens is 216 g/mol. The van der Waals surface area contributed by atoms with Gasteiger partial charge in [0.25, 0.3) is 0 Å². The number of rotatable bonds is 6. The summed E-state index contributed by atoms with van der Waals surface area (Å²) in [6.07, 6.45) is 2.69. The van der Waals surface area contributed by atoms with Crippen LogP contribution in [0.4, 0.5) is 5.82 Å². The van der Waals surface area contributed by atoms with E-state index in [2.05, 4.69) is 17.2 Å². The number of anilines is 1. The minimum atomic E-state index is -0.0154. The second-order valence-corrected chi connectivity index (χ2v) is 3.82. The summed E-state index contributed by atoms with van der Waals surface area (Å²) >= 11 is 0. The van der Waals surface area contributed by atoms with Gasteiger partial charge < -0.3 is 16.0 Å². The van der Waals surface area contributed by atoms with E-state index in [0.29, 0.717) is 13.1 Å². The molecule has 1 aromatic heterocycles. The normalized spacial score (nSPS) is 10.1. The summed E-state index contributed by atoms with van der Waals surface area (Å²) in [4.78, 5) is 17.7. The molecule has 0 atom stereocenters. The van der Waals surface area contributed by atoms with Gasteiger partial charge in [0.2, 0.25) is 5.91 Å². The molecular formula is C12H20N4O. The Bertz CT molecular complexity index is 367. The minimum absolute atomic E-state index is 0.0154. The Morgan fingerprint density at radius 1 is 1.59 bits per heavy atom. The first kappa shape index (κ1) is 13.4. The summed E-state index contributed by atoms with van der Waals surface area (Å²) in [5, 5.41) is 2.62. The highest BCUT2D eigenvalue weighted by molar-refractivity contribution is 5.80. The Labute approximate surface area is 102 Å². The quantitative estimate of drug-likeness (QED) is 0.754. The molecule has 1 aromatic rings. The predicted octanol–water partition coefficient (Wildman–Crippen LogP) is 0.503. The van der Waals surface area contributed by atoms with Gasteiger partial charge in [-0.1, -0.05) is 6.92 Å². The van der Waals surface area contributed by atoms with Crippen LogP contribution in [-0.2, 0) is 11.3 Å². The monoisotopic (exact) mass is 236 g/mol. The van der Waals surface area contributed by atoms with Gasteiger partial charge in [-0.25, -0.2) is 4.98 Å². The van der Waals surface area contributed by atoms with Crippen molar-refractivity contribution in [3.63, 3.8) is 0 Å². The number of likely N-dealkylation sites (N-methyl/N-ethyl adjacent to an activating group) is 1. The van der Waals surface area contributed by atoms with Crippen LogP contribution in [0.2, 0.25) is 0 Å². The number of amides is 1. The van der Waals surface area contributed by atoms with Crippen molar-refractivity contribution in [2.75, 3.05) is 25.0 Å². The smallest absolute Gasteiger partial charge is 0.239 e. The van der Waals surface area contributed by atoms with Crippen LogP contribution in [0.1, 0.15) is 18.9 Å². The first-order valence-corrected chi connectivity index (χ1v) is 5.81. The van der Waals surface area contributed by atoms with Crippen molar-refractivity contribution in [1.82, 2.24) is 10.3 Å². The van der Waals surface area contributed by atoms with Crippen molar-refractivity contribution < 1.29 is 4.79 Å². The van der Waals surface area contributed by atoms with Gasteiger partial charge in [-0.15, -0.1) is 0 Å². The molecule has 0 radical (unpaired) electrons. The molecule has 1 rings (SSSR count). The summed E-state index contributed by atoms with van der Waals surface area (Å²) < 4.78 is 0. The lowest BCUT2D eigenvalue weighted by molar-refractivity contribution is -0.119. The highest BCUT2D eigenvalue weighted by atomic mass is 16.1. The highest BCUT2D eigenvalue weighted by Crippen LogP contribution is 2.12. The van der Waals surface area contributed by atoms with Gasteiger partial charge in [-0.3, -0.25) is 4.79 Å². The van der Waals surface area contributed by atoms with Crippen molar-refractivity contribution in [3.05, 3.63) is 23.9 Å². The van der Waals surface area contributed by atoms with Crippen LogP contribution in [0.5, 0.6) is 0 Å². The first-order chi connectivity index (χ1) is 8.21. The molecule has 94 valence electrons. The molecule has 1 amide bonds. The summed E-state index contributed by atoms with van der Waals surface area (Å²) in [7, 11) is 1.64. The lowest BCUT2D eigenvalue weighted by Gasteiger charge is -2.22. The zero-order valence-corrected chi connectivity index (χ0v) is 10.4.